The maximum Gasteiger partial charge on any atom is 0.234 e. The Morgan fingerprint density at radius 1 is 1.29 bits per heavy atom. The molecule has 1 aliphatic rings. The average Bonchev–Trinajstić information content (AvgIpc) is 2.08. The summed E-state index contributed by atoms with van der Waals surface area (Å²) >= 11 is 0. The molecule has 1 aliphatic heterocycles. The molecule has 0 aliphatic carbocycles. The Kier molecular flexibility index (Phi) is 4.17. The molecule has 4 N–H and O–H groups in total. The van der Waals surface area contributed by atoms with E-state index in [1.165, 1.54) is 0 Å². The van der Waals surface area contributed by atoms with Crippen LogP contribution in [0, 0.1) is 0 Å². The first-order chi connectivity index (χ1) is 7.61. The van der Waals surface area contributed by atoms with E-state index < -0.39 is 11.9 Å². The van der Waals surface area contributed by atoms with Crippen molar-refractivity contribution in [2.75, 3.05) is 19.6 Å². The van der Waals surface area contributed by atoms with Crippen LogP contribution in [0.2, 0.25) is 0 Å². The first-order valence-corrected chi connectivity index (χ1v) is 6.09. The number of rotatable bonds is 4. The molecule has 5 nitrogen and oxygen atoms in total. The van der Waals surface area contributed by atoms with E-state index in [9.17, 15) is 4.79 Å². The third-order valence-corrected chi connectivity index (χ3v) is 2.88. The summed E-state index contributed by atoms with van der Waals surface area (Å²) in [5.74, 6) is -0.434. The van der Waals surface area contributed by atoms with Gasteiger partial charge in [-0.15, -0.1) is 0 Å². The van der Waals surface area contributed by atoms with E-state index in [1.807, 2.05) is 0 Å². The van der Waals surface area contributed by atoms with Crippen molar-refractivity contribution in [2.45, 2.75) is 51.4 Å². The lowest BCUT2D eigenvalue weighted by molar-refractivity contribution is -0.180. The maximum absolute atomic E-state index is 10.9. The summed E-state index contributed by atoms with van der Waals surface area (Å²) in [5.41, 5.74) is 10.5. The summed E-state index contributed by atoms with van der Waals surface area (Å²) in [6.45, 7) is 10.8. The van der Waals surface area contributed by atoms with Gasteiger partial charge in [-0.1, -0.05) is 0 Å². The highest BCUT2D eigenvalue weighted by molar-refractivity contribution is 5.79. The zero-order valence-electron chi connectivity index (χ0n) is 11.3. The molecule has 1 rings (SSSR count). The number of carbonyl (C=O) groups excluding carboxylic acids is 1. The number of morpholine rings is 1. The predicted molar refractivity (Wildman–Crippen MR) is 67.5 cm³/mol. The highest BCUT2D eigenvalue weighted by Gasteiger charge is 2.37. The molecule has 5 heteroatoms. The standard InChI is InChI=1S/C12H25N3O2/c1-11(2)7-15(8-12(3,4)17-11)6-5-9(13)10(14)16/h9H,5-8,13H2,1-4H3,(H2,14,16). The average molecular weight is 243 g/mol. The van der Waals surface area contributed by atoms with Gasteiger partial charge in [-0.2, -0.15) is 0 Å². The van der Waals surface area contributed by atoms with Crippen LogP contribution in [0.1, 0.15) is 34.1 Å². The zero-order chi connectivity index (χ0) is 13.3. The molecule has 17 heavy (non-hydrogen) atoms. The molecule has 0 radical (unpaired) electrons. The summed E-state index contributed by atoms with van der Waals surface area (Å²) in [6, 6.07) is -0.552. The zero-order valence-corrected chi connectivity index (χ0v) is 11.3. The van der Waals surface area contributed by atoms with Gasteiger partial charge in [-0.3, -0.25) is 9.69 Å². The molecule has 1 amide bonds. The van der Waals surface area contributed by atoms with E-state index in [4.69, 9.17) is 16.2 Å². The Morgan fingerprint density at radius 3 is 2.18 bits per heavy atom. The van der Waals surface area contributed by atoms with Crippen molar-refractivity contribution in [3.05, 3.63) is 0 Å². The maximum atomic E-state index is 10.9. The van der Waals surface area contributed by atoms with Crippen molar-refractivity contribution in [3.63, 3.8) is 0 Å². The van der Waals surface area contributed by atoms with Crippen molar-refractivity contribution >= 4 is 5.91 Å². The van der Waals surface area contributed by atoms with Gasteiger partial charge in [-0.05, 0) is 34.1 Å². The number of ether oxygens (including phenoxy) is 1. The minimum atomic E-state index is -0.552. The fraction of sp³-hybridized carbons (Fsp3) is 0.917. The molecule has 1 fully saturated rings. The molecule has 1 atom stereocenters. The number of nitrogens with two attached hydrogens (primary N) is 2. The van der Waals surface area contributed by atoms with Crippen LogP contribution in [0.4, 0.5) is 0 Å². The predicted octanol–water partition coefficient (Wildman–Crippen LogP) is 0.0785. The molecular formula is C12H25N3O2. The van der Waals surface area contributed by atoms with Gasteiger partial charge in [0.25, 0.3) is 0 Å². The molecule has 1 unspecified atom stereocenters. The van der Waals surface area contributed by atoms with Crippen LogP contribution in [0.15, 0.2) is 0 Å². The molecule has 0 bridgehead atoms. The Bertz CT molecular complexity index is 273. The first-order valence-electron chi connectivity index (χ1n) is 6.09. The van der Waals surface area contributed by atoms with Gasteiger partial charge in [0.2, 0.25) is 5.91 Å². The van der Waals surface area contributed by atoms with Gasteiger partial charge in [0.1, 0.15) is 0 Å². The van der Waals surface area contributed by atoms with E-state index in [1.54, 1.807) is 0 Å². The largest absolute Gasteiger partial charge is 0.368 e. The van der Waals surface area contributed by atoms with Crippen LogP contribution in [0.5, 0.6) is 0 Å². The highest BCUT2D eigenvalue weighted by Crippen LogP contribution is 2.27. The van der Waals surface area contributed by atoms with E-state index in [2.05, 4.69) is 32.6 Å². The van der Waals surface area contributed by atoms with Crippen LogP contribution >= 0.6 is 0 Å². The fourth-order valence-electron chi connectivity index (χ4n) is 2.57. The molecule has 0 saturated carbocycles. The highest BCUT2D eigenvalue weighted by atomic mass is 16.5. The number of carbonyl (C=O) groups is 1. The summed E-state index contributed by atoms with van der Waals surface area (Å²) in [5, 5.41) is 0. The Morgan fingerprint density at radius 2 is 1.76 bits per heavy atom. The lowest BCUT2D eigenvalue weighted by Gasteiger charge is -2.47. The minimum absolute atomic E-state index is 0.168. The van der Waals surface area contributed by atoms with Crippen LogP contribution < -0.4 is 11.5 Å². The van der Waals surface area contributed by atoms with Gasteiger partial charge in [0.15, 0.2) is 0 Å². The van der Waals surface area contributed by atoms with Crippen LogP contribution in [-0.4, -0.2) is 47.7 Å². The van der Waals surface area contributed by atoms with Gasteiger partial charge in [0, 0.05) is 19.6 Å². The number of hydrogen-bond donors (Lipinski definition) is 2. The van der Waals surface area contributed by atoms with E-state index in [-0.39, 0.29) is 11.2 Å². The van der Waals surface area contributed by atoms with Crippen molar-refractivity contribution in [3.8, 4) is 0 Å². The van der Waals surface area contributed by atoms with Crippen LogP contribution in [0.25, 0.3) is 0 Å². The number of primary amides is 1. The molecule has 0 spiro atoms. The quantitative estimate of drug-likeness (QED) is 0.732. The SMILES string of the molecule is CC1(C)CN(CCC(N)C(N)=O)CC(C)(C)O1. The molecule has 1 saturated heterocycles. The molecule has 100 valence electrons. The normalized spacial score (nSPS) is 25.5. The smallest absolute Gasteiger partial charge is 0.234 e. The van der Waals surface area contributed by atoms with Gasteiger partial charge < -0.3 is 16.2 Å². The second kappa shape index (κ2) is 4.92. The van der Waals surface area contributed by atoms with Crippen LogP contribution in [0.3, 0.4) is 0 Å². The van der Waals surface area contributed by atoms with Gasteiger partial charge in [0.05, 0.1) is 17.2 Å². The van der Waals surface area contributed by atoms with Crippen molar-refractivity contribution in [1.82, 2.24) is 4.90 Å². The minimum Gasteiger partial charge on any atom is -0.368 e. The third-order valence-electron chi connectivity index (χ3n) is 2.88. The fourth-order valence-corrected chi connectivity index (χ4v) is 2.57. The summed E-state index contributed by atoms with van der Waals surface area (Å²) in [4.78, 5) is 13.2. The van der Waals surface area contributed by atoms with E-state index in [0.717, 1.165) is 19.6 Å². The summed E-state index contributed by atoms with van der Waals surface area (Å²) < 4.78 is 5.98. The molecule has 0 aromatic rings. The van der Waals surface area contributed by atoms with E-state index in [0.29, 0.717) is 6.42 Å². The van der Waals surface area contributed by atoms with Gasteiger partial charge >= 0.3 is 0 Å². The Balaban J connectivity index is 2.51. The number of amides is 1. The van der Waals surface area contributed by atoms with Crippen LogP contribution in [-0.2, 0) is 9.53 Å². The Labute approximate surface area is 103 Å². The summed E-state index contributed by atoms with van der Waals surface area (Å²) in [6.07, 6.45) is 0.599. The second-order valence-corrected chi connectivity index (χ2v) is 6.13. The van der Waals surface area contributed by atoms with Gasteiger partial charge in [-0.25, -0.2) is 0 Å². The molecule has 0 aromatic heterocycles. The number of hydrogen-bond acceptors (Lipinski definition) is 4. The third kappa shape index (κ3) is 4.61. The first kappa shape index (κ1) is 14.4. The van der Waals surface area contributed by atoms with Crippen molar-refractivity contribution in [2.24, 2.45) is 11.5 Å². The lowest BCUT2D eigenvalue weighted by Crippen LogP contribution is -2.57. The van der Waals surface area contributed by atoms with Crippen molar-refractivity contribution in [1.29, 1.82) is 0 Å². The second-order valence-electron chi connectivity index (χ2n) is 6.13. The summed E-state index contributed by atoms with van der Waals surface area (Å²) in [7, 11) is 0. The van der Waals surface area contributed by atoms with Crippen molar-refractivity contribution < 1.29 is 9.53 Å². The number of nitrogens with zero attached hydrogens (tertiary/aromatic N) is 1. The lowest BCUT2D eigenvalue weighted by atomic mass is 9.98. The van der Waals surface area contributed by atoms with E-state index >= 15 is 0 Å². The topological polar surface area (TPSA) is 81.6 Å². The Hall–Kier alpha value is -0.650. The monoisotopic (exact) mass is 243 g/mol. The molecule has 0 aromatic carbocycles. The molecule has 1 heterocycles. The molecular weight excluding hydrogens is 218 g/mol.